The third-order valence-corrected chi connectivity index (χ3v) is 3.61. The van der Waals surface area contributed by atoms with E-state index in [4.69, 9.17) is 15.9 Å². The van der Waals surface area contributed by atoms with Gasteiger partial charge in [0.1, 0.15) is 12.1 Å². The van der Waals surface area contributed by atoms with Crippen LogP contribution in [0.1, 0.15) is 20.3 Å². The molecule has 0 aromatic rings. The number of aliphatic carboxylic acids is 2. The first kappa shape index (κ1) is 23.7. The summed E-state index contributed by atoms with van der Waals surface area (Å²) in [5.74, 6) is -5.37. The average Bonchev–Trinajstić information content (AvgIpc) is 2.54. The minimum Gasteiger partial charge on any atom is -0.481 e. The number of carbonyl (C=O) groups is 5. The molecule has 0 aliphatic carbocycles. The van der Waals surface area contributed by atoms with Crippen LogP contribution in [-0.2, 0) is 24.0 Å². The fourth-order valence-electron chi connectivity index (χ4n) is 1.78. The molecule has 0 aromatic heterocycles. The molecule has 0 aromatic carbocycles. The number of amides is 3. The van der Waals surface area contributed by atoms with Gasteiger partial charge in [-0.3, -0.25) is 19.2 Å². The van der Waals surface area contributed by atoms with Crippen LogP contribution in [0.25, 0.3) is 0 Å². The molecule has 0 bridgehead atoms. The Hall–Kier alpha value is -2.34. The average molecular weight is 392 g/mol. The second-order valence-electron chi connectivity index (χ2n) is 5.79. The summed E-state index contributed by atoms with van der Waals surface area (Å²) < 4.78 is 0. The van der Waals surface area contributed by atoms with Crippen LogP contribution >= 0.6 is 12.6 Å². The molecular weight excluding hydrogens is 368 g/mol. The Labute approximate surface area is 155 Å². The lowest BCUT2D eigenvalue weighted by Crippen LogP contribution is -2.55. The van der Waals surface area contributed by atoms with E-state index in [1.165, 1.54) is 0 Å². The minimum atomic E-state index is -1.63. The molecule has 0 aliphatic rings. The van der Waals surface area contributed by atoms with Gasteiger partial charge in [0, 0.05) is 5.75 Å². The molecule has 3 amide bonds. The molecule has 3 atom stereocenters. The second kappa shape index (κ2) is 11.3. The zero-order valence-corrected chi connectivity index (χ0v) is 15.3. The van der Waals surface area contributed by atoms with E-state index in [0.29, 0.717) is 0 Å². The van der Waals surface area contributed by atoms with Crippen LogP contribution in [0.15, 0.2) is 0 Å². The lowest BCUT2D eigenvalue weighted by Gasteiger charge is -2.23. The Bertz CT molecular complexity index is 555. The highest BCUT2D eigenvalue weighted by atomic mass is 32.1. The number of thiol groups is 1. The van der Waals surface area contributed by atoms with Gasteiger partial charge in [-0.05, 0) is 5.92 Å². The fourth-order valence-corrected chi connectivity index (χ4v) is 1.94. The van der Waals surface area contributed by atoms with E-state index in [-0.39, 0.29) is 5.75 Å². The molecule has 26 heavy (non-hydrogen) atoms. The first-order valence-corrected chi connectivity index (χ1v) is 8.31. The summed E-state index contributed by atoms with van der Waals surface area (Å²) >= 11 is 3.85. The van der Waals surface area contributed by atoms with E-state index in [0.717, 1.165) is 0 Å². The molecule has 0 heterocycles. The second-order valence-corrected chi connectivity index (χ2v) is 6.16. The van der Waals surface area contributed by atoms with E-state index >= 15 is 0 Å². The molecule has 11 nitrogen and oxygen atoms in total. The molecule has 12 heteroatoms. The summed E-state index contributed by atoms with van der Waals surface area (Å²) in [7, 11) is 0. The molecule has 148 valence electrons. The van der Waals surface area contributed by atoms with Crippen molar-refractivity contribution in [1.82, 2.24) is 16.0 Å². The van der Waals surface area contributed by atoms with Crippen molar-refractivity contribution in [3.05, 3.63) is 0 Å². The predicted octanol–water partition coefficient (Wildman–Crippen LogP) is -2.46. The lowest BCUT2D eigenvalue weighted by molar-refractivity contribution is -0.147. The van der Waals surface area contributed by atoms with Gasteiger partial charge in [0.15, 0.2) is 0 Å². The van der Waals surface area contributed by atoms with Crippen LogP contribution in [-0.4, -0.2) is 70.3 Å². The normalized spacial score (nSPS) is 14.0. The maximum absolute atomic E-state index is 12.2. The first-order chi connectivity index (χ1) is 12.0. The van der Waals surface area contributed by atoms with Gasteiger partial charge >= 0.3 is 11.9 Å². The smallest absolute Gasteiger partial charge is 0.326 e. The number of carbonyl (C=O) groups excluding carboxylic acids is 3. The van der Waals surface area contributed by atoms with Crippen LogP contribution in [0, 0.1) is 5.92 Å². The Morgan fingerprint density at radius 3 is 2.04 bits per heavy atom. The van der Waals surface area contributed by atoms with Crippen molar-refractivity contribution in [3.8, 4) is 0 Å². The van der Waals surface area contributed by atoms with Gasteiger partial charge in [-0.15, -0.1) is 0 Å². The number of carboxylic acid groups (broad SMARTS) is 2. The first-order valence-electron chi connectivity index (χ1n) is 7.68. The van der Waals surface area contributed by atoms with Crippen molar-refractivity contribution in [2.24, 2.45) is 11.7 Å². The Morgan fingerprint density at radius 1 is 1.04 bits per heavy atom. The van der Waals surface area contributed by atoms with Crippen molar-refractivity contribution in [1.29, 1.82) is 0 Å². The van der Waals surface area contributed by atoms with E-state index in [9.17, 15) is 24.0 Å². The molecule has 0 spiro atoms. The quantitative estimate of drug-likeness (QED) is 0.189. The molecule has 3 unspecified atom stereocenters. The van der Waals surface area contributed by atoms with Gasteiger partial charge < -0.3 is 31.9 Å². The Morgan fingerprint density at radius 2 is 1.62 bits per heavy atom. The highest BCUT2D eigenvalue weighted by molar-refractivity contribution is 7.80. The summed E-state index contributed by atoms with van der Waals surface area (Å²) in [6.45, 7) is 2.77. The Balaban J connectivity index is 4.83. The Kier molecular flexibility index (Phi) is 10.3. The van der Waals surface area contributed by atoms with E-state index < -0.39 is 66.7 Å². The van der Waals surface area contributed by atoms with Crippen molar-refractivity contribution >= 4 is 42.3 Å². The zero-order valence-electron chi connectivity index (χ0n) is 14.4. The van der Waals surface area contributed by atoms with Gasteiger partial charge in [0.2, 0.25) is 17.7 Å². The molecule has 0 radical (unpaired) electrons. The summed E-state index contributed by atoms with van der Waals surface area (Å²) in [6, 6.07) is -3.64. The van der Waals surface area contributed by atoms with Crippen molar-refractivity contribution in [2.45, 2.75) is 38.4 Å². The monoisotopic (exact) mass is 392 g/mol. The van der Waals surface area contributed by atoms with Gasteiger partial charge in [-0.1, -0.05) is 13.8 Å². The predicted molar refractivity (Wildman–Crippen MR) is 93.4 cm³/mol. The number of hydrogen-bond donors (Lipinski definition) is 7. The number of nitrogens with two attached hydrogens (primary N) is 1. The highest BCUT2D eigenvalue weighted by Gasteiger charge is 2.30. The molecular formula is C14H24N4O7S. The third kappa shape index (κ3) is 8.67. The maximum atomic E-state index is 12.2. The molecule has 0 aliphatic heterocycles. The summed E-state index contributed by atoms with van der Waals surface area (Å²) in [6.07, 6.45) is -0.808. The lowest BCUT2D eigenvalue weighted by atomic mass is 10.0. The molecule has 7 N–H and O–H groups in total. The number of nitrogens with one attached hydrogen (secondary N) is 3. The fraction of sp³-hybridized carbons (Fsp3) is 0.643. The van der Waals surface area contributed by atoms with E-state index in [2.05, 4.69) is 28.6 Å². The summed E-state index contributed by atoms with van der Waals surface area (Å²) in [5, 5.41) is 24.4. The summed E-state index contributed by atoms with van der Waals surface area (Å²) in [5.41, 5.74) is 5.44. The van der Waals surface area contributed by atoms with E-state index in [1.54, 1.807) is 13.8 Å². The van der Waals surface area contributed by atoms with Gasteiger partial charge in [0.25, 0.3) is 0 Å². The van der Waals surface area contributed by atoms with E-state index in [1.807, 2.05) is 0 Å². The van der Waals surface area contributed by atoms with Gasteiger partial charge in [0.05, 0.1) is 19.0 Å². The van der Waals surface area contributed by atoms with Crippen LogP contribution in [0.4, 0.5) is 0 Å². The number of rotatable bonds is 11. The van der Waals surface area contributed by atoms with Crippen molar-refractivity contribution < 1.29 is 34.2 Å². The van der Waals surface area contributed by atoms with Crippen LogP contribution < -0.4 is 21.7 Å². The zero-order chi connectivity index (χ0) is 20.4. The van der Waals surface area contributed by atoms with Gasteiger partial charge in [-0.25, -0.2) is 4.79 Å². The SMILES string of the molecule is CC(C)C(NC(=O)CNC(=O)C(N)CS)C(=O)NC(CC(=O)O)C(=O)O. The summed E-state index contributed by atoms with van der Waals surface area (Å²) in [4.78, 5) is 57.3. The van der Waals surface area contributed by atoms with Crippen molar-refractivity contribution in [2.75, 3.05) is 12.3 Å². The van der Waals surface area contributed by atoms with Crippen LogP contribution in [0.2, 0.25) is 0 Å². The van der Waals surface area contributed by atoms with Crippen molar-refractivity contribution in [3.63, 3.8) is 0 Å². The molecule has 0 saturated carbocycles. The topological polar surface area (TPSA) is 188 Å². The standard InChI is InChI=1S/C14H24N4O7S/c1-6(2)11(13(23)17-8(14(24)25)3-10(20)21)18-9(19)4-16-12(22)7(15)5-26/h6-8,11,26H,3-5,15H2,1-2H3,(H,16,22)(H,17,23)(H,18,19)(H,20,21)(H,24,25). The number of hydrogen-bond acceptors (Lipinski definition) is 7. The molecule has 0 fully saturated rings. The number of carboxylic acids is 2. The maximum Gasteiger partial charge on any atom is 0.326 e. The minimum absolute atomic E-state index is 0.0879. The third-order valence-electron chi connectivity index (χ3n) is 3.22. The van der Waals surface area contributed by atoms with Gasteiger partial charge in [-0.2, -0.15) is 12.6 Å². The highest BCUT2D eigenvalue weighted by Crippen LogP contribution is 2.04. The molecule has 0 saturated heterocycles. The molecule has 0 rings (SSSR count). The largest absolute Gasteiger partial charge is 0.481 e. The van der Waals surface area contributed by atoms with Crippen LogP contribution in [0.3, 0.4) is 0 Å². The van der Waals surface area contributed by atoms with Crippen LogP contribution in [0.5, 0.6) is 0 Å².